The number of ether oxygens (including phenoxy) is 2. The smallest absolute Gasteiger partial charge is 0.123 e. The van der Waals surface area contributed by atoms with Crippen LogP contribution in [0.15, 0.2) is 48.5 Å². The lowest BCUT2D eigenvalue weighted by molar-refractivity contribution is 0.303. The first kappa shape index (κ1) is 12.5. The van der Waals surface area contributed by atoms with Crippen LogP contribution in [0, 0.1) is 0 Å². The van der Waals surface area contributed by atoms with E-state index >= 15 is 0 Å². The Morgan fingerprint density at radius 2 is 1.61 bits per heavy atom. The van der Waals surface area contributed by atoms with Gasteiger partial charge in [-0.05, 0) is 23.3 Å². The summed E-state index contributed by atoms with van der Waals surface area (Å²) >= 11 is 0. The normalized spacial score (nSPS) is 10.1. The number of nitrogens with two attached hydrogens (primary N) is 1. The fourth-order valence-corrected chi connectivity index (χ4v) is 1.63. The molecule has 0 amide bonds. The van der Waals surface area contributed by atoms with Crippen LogP contribution in [0.5, 0.6) is 11.5 Å². The molecule has 0 aliphatic rings. The second-order valence-electron chi connectivity index (χ2n) is 3.99. The van der Waals surface area contributed by atoms with Crippen LogP contribution in [-0.4, -0.2) is 7.11 Å². The van der Waals surface area contributed by atoms with Crippen LogP contribution >= 0.6 is 0 Å². The van der Waals surface area contributed by atoms with Gasteiger partial charge in [0.05, 0.1) is 7.11 Å². The number of rotatable bonds is 5. The Labute approximate surface area is 107 Å². The van der Waals surface area contributed by atoms with Crippen LogP contribution in [0.25, 0.3) is 0 Å². The minimum absolute atomic E-state index is 0.540. The van der Waals surface area contributed by atoms with Gasteiger partial charge in [-0.25, -0.2) is 0 Å². The van der Waals surface area contributed by atoms with Crippen molar-refractivity contribution in [1.29, 1.82) is 0 Å². The highest BCUT2D eigenvalue weighted by Crippen LogP contribution is 2.19. The van der Waals surface area contributed by atoms with Crippen LogP contribution in [0.3, 0.4) is 0 Å². The third-order valence-corrected chi connectivity index (χ3v) is 2.71. The fourth-order valence-electron chi connectivity index (χ4n) is 1.63. The molecule has 94 valence electrons. The number of hydrogen-bond donors (Lipinski definition) is 1. The van der Waals surface area contributed by atoms with E-state index in [1.165, 1.54) is 0 Å². The number of methoxy groups -OCH3 is 1. The first-order valence-electron chi connectivity index (χ1n) is 5.86. The minimum atomic E-state index is 0.540. The van der Waals surface area contributed by atoms with Crippen molar-refractivity contribution in [3.8, 4) is 11.5 Å². The quantitative estimate of drug-likeness (QED) is 0.878. The van der Waals surface area contributed by atoms with Crippen LogP contribution in [0.2, 0.25) is 0 Å². The Balaban J connectivity index is 1.97. The molecule has 2 aromatic carbocycles. The van der Waals surface area contributed by atoms with Crippen molar-refractivity contribution in [2.24, 2.45) is 5.73 Å². The van der Waals surface area contributed by atoms with E-state index in [1.54, 1.807) is 7.11 Å². The molecule has 0 aliphatic carbocycles. The fraction of sp³-hybridized carbons (Fsp3) is 0.200. The molecule has 0 saturated heterocycles. The molecular weight excluding hydrogens is 226 g/mol. The molecule has 0 atom stereocenters. The van der Waals surface area contributed by atoms with E-state index in [2.05, 4.69) is 0 Å². The van der Waals surface area contributed by atoms with Crippen molar-refractivity contribution < 1.29 is 9.47 Å². The zero-order valence-corrected chi connectivity index (χ0v) is 10.4. The van der Waals surface area contributed by atoms with Gasteiger partial charge in [0.25, 0.3) is 0 Å². The average Bonchev–Trinajstić information content (AvgIpc) is 2.46. The van der Waals surface area contributed by atoms with Crippen molar-refractivity contribution in [2.45, 2.75) is 13.2 Å². The third-order valence-electron chi connectivity index (χ3n) is 2.71. The Morgan fingerprint density at radius 1 is 0.944 bits per heavy atom. The maximum absolute atomic E-state index is 5.70. The van der Waals surface area contributed by atoms with Gasteiger partial charge in [-0.1, -0.05) is 30.3 Å². The summed E-state index contributed by atoms with van der Waals surface area (Å²) in [7, 11) is 1.64. The lowest BCUT2D eigenvalue weighted by atomic mass is 10.1. The Morgan fingerprint density at radius 3 is 2.28 bits per heavy atom. The van der Waals surface area contributed by atoms with Gasteiger partial charge in [-0.2, -0.15) is 0 Å². The summed E-state index contributed by atoms with van der Waals surface area (Å²) in [4.78, 5) is 0. The molecule has 0 fully saturated rings. The first-order valence-corrected chi connectivity index (χ1v) is 5.86. The standard InChI is InChI=1S/C15H17NO2/c1-17-14-3-2-4-15(9-14)18-11-13-7-5-12(10-16)6-8-13/h2-9H,10-11,16H2,1H3. The van der Waals surface area contributed by atoms with E-state index in [1.807, 2.05) is 48.5 Å². The van der Waals surface area contributed by atoms with Gasteiger partial charge < -0.3 is 15.2 Å². The van der Waals surface area contributed by atoms with Crippen molar-refractivity contribution in [3.05, 3.63) is 59.7 Å². The van der Waals surface area contributed by atoms with E-state index < -0.39 is 0 Å². The minimum Gasteiger partial charge on any atom is -0.497 e. The van der Waals surface area contributed by atoms with E-state index in [-0.39, 0.29) is 0 Å². The van der Waals surface area contributed by atoms with Crippen LogP contribution in [0.1, 0.15) is 11.1 Å². The largest absolute Gasteiger partial charge is 0.497 e. The molecule has 2 aromatic rings. The predicted octanol–water partition coefficient (Wildman–Crippen LogP) is 2.73. The molecule has 18 heavy (non-hydrogen) atoms. The highest BCUT2D eigenvalue weighted by molar-refractivity contribution is 5.33. The van der Waals surface area contributed by atoms with E-state index in [0.717, 1.165) is 22.6 Å². The molecular formula is C15H17NO2. The van der Waals surface area contributed by atoms with E-state index in [9.17, 15) is 0 Å². The molecule has 0 saturated carbocycles. The van der Waals surface area contributed by atoms with Crippen molar-refractivity contribution in [1.82, 2.24) is 0 Å². The molecule has 0 aliphatic heterocycles. The molecule has 0 radical (unpaired) electrons. The maximum Gasteiger partial charge on any atom is 0.123 e. The van der Waals surface area contributed by atoms with Gasteiger partial charge >= 0.3 is 0 Å². The molecule has 0 aromatic heterocycles. The molecule has 2 rings (SSSR count). The molecule has 2 N–H and O–H groups in total. The van der Waals surface area contributed by atoms with Crippen molar-refractivity contribution in [2.75, 3.05) is 7.11 Å². The van der Waals surface area contributed by atoms with Crippen LogP contribution in [-0.2, 0) is 13.2 Å². The Hall–Kier alpha value is -2.00. The molecule has 0 unspecified atom stereocenters. The van der Waals surface area contributed by atoms with E-state index in [0.29, 0.717) is 13.2 Å². The topological polar surface area (TPSA) is 44.5 Å². The highest BCUT2D eigenvalue weighted by Gasteiger charge is 1.98. The van der Waals surface area contributed by atoms with Crippen LogP contribution < -0.4 is 15.2 Å². The summed E-state index contributed by atoms with van der Waals surface area (Å²) in [5.74, 6) is 1.60. The Kier molecular flexibility index (Phi) is 4.20. The number of benzene rings is 2. The van der Waals surface area contributed by atoms with Gasteiger partial charge in [-0.3, -0.25) is 0 Å². The molecule has 3 nitrogen and oxygen atoms in total. The van der Waals surface area contributed by atoms with Gasteiger partial charge in [0, 0.05) is 12.6 Å². The van der Waals surface area contributed by atoms with Crippen molar-refractivity contribution >= 4 is 0 Å². The third kappa shape index (κ3) is 3.25. The first-order chi connectivity index (χ1) is 8.81. The second kappa shape index (κ2) is 6.07. The summed E-state index contributed by atoms with van der Waals surface area (Å²) in [6.45, 7) is 1.11. The van der Waals surface area contributed by atoms with Gasteiger partial charge in [0.2, 0.25) is 0 Å². The summed E-state index contributed by atoms with van der Waals surface area (Å²) < 4.78 is 10.8. The van der Waals surface area contributed by atoms with Gasteiger partial charge in [0.1, 0.15) is 18.1 Å². The lowest BCUT2D eigenvalue weighted by Gasteiger charge is -2.08. The van der Waals surface area contributed by atoms with Gasteiger partial charge in [-0.15, -0.1) is 0 Å². The van der Waals surface area contributed by atoms with E-state index in [4.69, 9.17) is 15.2 Å². The molecule has 0 bridgehead atoms. The average molecular weight is 243 g/mol. The van der Waals surface area contributed by atoms with Crippen molar-refractivity contribution in [3.63, 3.8) is 0 Å². The highest BCUT2D eigenvalue weighted by atomic mass is 16.5. The SMILES string of the molecule is COc1cccc(OCc2ccc(CN)cc2)c1. The monoisotopic (exact) mass is 243 g/mol. The summed E-state index contributed by atoms with van der Waals surface area (Å²) in [5.41, 5.74) is 7.80. The summed E-state index contributed by atoms with van der Waals surface area (Å²) in [6, 6.07) is 15.7. The molecule has 0 heterocycles. The Bertz CT molecular complexity index is 494. The number of hydrogen-bond acceptors (Lipinski definition) is 3. The molecule has 3 heteroatoms. The van der Waals surface area contributed by atoms with Crippen LogP contribution in [0.4, 0.5) is 0 Å². The second-order valence-corrected chi connectivity index (χ2v) is 3.99. The summed E-state index contributed by atoms with van der Waals surface area (Å²) in [6.07, 6.45) is 0. The zero-order valence-electron chi connectivity index (χ0n) is 10.4. The maximum atomic E-state index is 5.70. The lowest BCUT2D eigenvalue weighted by Crippen LogP contribution is -1.98. The predicted molar refractivity (Wildman–Crippen MR) is 71.7 cm³/mol. The zero-order chi connectivity index (χ0) is 12.8. The summed E-state index contributed by atoms with van der Waals surface area (Å²) in [5, 5.41) is 0. The van der Waals surface area contributed by atoms with Gasteiger partial charge in [0.15, 0.2) is 0 Å². The molecule has 0 spiro atoms.